The number of nitrogens with one attached hydrogen (secondary N) is 1. The van der Waals surface area contributed by atoms with Crippen molar-refractivity contribution in [2.75, 3.05) is 6.54 Å². The molecule has 0 saturated heterocycles. The molecule has 1 nitrogen and oxygen atoms in total. The van der Waals surface area contributed by atoms with Crippen LogP contribution in [0.3, 0.4) is 0 Å². The molecule has 1 unspecified atom stereocenters. The molecule has 0 fully saturated rings. The lowest BCUT2D eigenvalue weighted by Gasteiger charge is -2.21. The molecule has 0 heterocycles. The molecule has 0 aliphatic heterocycles. The van der Waals surface area contributed by atoms with Crippen molar-refractivity contribution in [2.45, 2.75) is 26.3 Å². The molecule has 0 saturated carbocycles. The summed E-state index contributed by atoms with van der Waals surface area (Å²) in [4.78, 5) is 0. The molecule has 21 heavy (non-hydrogen) atoms. The fourth-order valence-electron chi connectivity index (χ4n) is 2.36. The first-order valence-electron chi connectivity index (χ1n) is 6.94. The Bertz CT molecular complexity index is 628. The highest BCUT2D eigenvalue weighted by Crippen LogP contribution is 2.30. The maximum absolute atomic E-state index is 6.36. The molecule has 0 spiro atoms. The molecule has 2 aromatic carbocycles. The smallest absolute Gasteiger partial charge is 0.0454 e. The number of likely N-dealkylation sites (N-methyl/N-ethyl adjacent to an activating group) is 1. The van der Waals surface area contributed by atoms with Crippen LogP contribution in [-0.4, -0.2) is 6.54 Å². The highest BCUT2D eigenvalue weighted by atomic mass is 79.9. The molecule has 0 aromatic heterocycles. The van der Waals surface area contributed by atoms with Gasteiger partial charge in [-0.1, -0.05) is 58.2 Å². The average molecular weight is 387 g/mol. The third-order valence-electron chi connectivity index (χ3n) is 3.42. The number of halogens is 3. The van der Waals surface area contributed by atoms with E-state index in [0.29, 0.717) is 0 Å². The van der Waals surface area contributed by atoms with Crippen LogP contribution < -0.4 is 5.32 Å². The van der Waals surface area contributed by atoms with E-state index in [1.807, 2.05) is 25.1 Å². The normalized spacial score (nSPS) is 12.4. The summed E-state index contributed by atoms with van der Waals surface area (Å²) < 4.78 is 1.03. The van der Waals surface area contributed by atoms with Crippen molar-refractivity contribution in [1.29, 1.82) is 0 Å². The van der Waals surface area contributed by atoms with E-state index in [0.717, 1.165) is 38.6 Å². The summed E-state index contributed by atoms with van der Waals surface area (Å²) in [7, 11) is 0. The summed E-state index contributed by atoms with van der Waals surface area (Å²) >= 11 is 16.2. The first kappa shape index (κ1) is 16.8. The minimum Gasteiger partial charge on any atom is -0.310 e. The Labute approximate surface area is 144 Å². The Morgan fingerprint density at radius 2 is 1.86 bits per heavy atom. The summed E-state index contributed by atoms with van der Waals surface area (Å²) in [6.07, 6.45) is 0.809. The third kappa shape index (κ3) is 4.46. The van der Waals surface area contributed by atoms with Gasteiger partial charge in [-0.25, -0.2) is 0 Å². The maximum Gasteiger partial charge on any atom is 0.0454 e. The molecule has 1 atom stereocenters. The van der Waals surface area contributed by atoms with Gasteiger partial charge in [-0.2, -0.15) is 0 Å². The minimum absolute atomic E-state index is 0.139. The second-order valence-corrected chi connectivity index (χ2v) is 6.81. The fraction of sp³-hybridized carbons (Fsp3) is 0.294. The third-order valence-corrected chi connectivity index (χ3v) is 4.61. The van der Waals surface area contributed by atoms with E-state index >= 15 is 0 Å². The van der Waals surface area contributed by atoms with Crippen LogP contribution in [0.25, 0.3) is 0 Å². The Hall–Kier alpha value is -0.540. The van der Waals surface area contributed by atoms with E-state index in [4.69, 9.17) is 23.2 Å². The molecule has 0 aliphatic rings. The number of aryl methyl sites for hydroxylation is 1. The van der Waals surface area contributed by atoms with E-state index < -0.39 is 0 Å². The Kier molecular flexibility index (Phi) is 6.12. The van der Waals surface area contributed by atoms with Crippen LogP contribution in [0.2, 0.25) is 10.0 Å². The van der Waals surface area contributed by atoms with Gasteiger partial charge in [0, 0.05) is 20.6 Å². The minimum atomic E-state index is 0.139. The standard InChI is InChI=1S/C17H18BrCl2N/c1-3-21-17(14-10-13(18)6-7-15(14)19)9-12-5-4-11(2)8-16(12)20/h4-8,10,17,21H,3,9H2,1-2H3. The number of hydrogen-bond acceptors (Lipinski definition) is 1. The van der Waals surface area contributed by atoms with Crippen molar-refractivity contribution < 1.29 is 0 Å². The van der Waals surface area contributed by atoms with E-state index in [-0.39, 0.29) is 6.04 Å². The maximum atomic E-state index is 6.36. The first-order valence-corrected chi connectivity index (χ1v) is 8.49. The number of hydrogen-bond donors (Lipinski definition) is 1. The molecule has 112 valence electrons. The van der Waals surface area contributed by atoms with Gasteiger partial charge in [0.2, 0.25) is 0 Å². The summed E-state index contributed by atoms with van der Waals surface area (Å²) in [5.74, 6) is 0. The van der Waals surface area contributed by atoms with Crippen molar-refractivity contribution in [2.24, 2.45) is 0 Å². The van der Waals surface area contributed by atoms with Crippen LogP contribution in [-0.2, 0) is 6.42 Å². The number of benzene rings is 2. The lowest BCUT2D eigenvalue weighted by atomic mass is 9.98. The van der Waals surface area contributed by atoms with Crippen molar-refractivity contribution in [3.8, 4) is 0 Å². The largest absolute Gasteiger partial charge is 0.310 e. The van der Waals surface area contributed by atoms with Crippen LogP contribution >= 0.6 is 39.1 Å². The van der Waals surface area contributed by atoms with Gasteiger partial charge in [0.15, 0.2) is 0 Å². The zero-order valence-corrected chi connectivity index (χ0v) is 15.2. The second kappa shape index (κ2) is 7.64. The highest BCUT2D eigenvalue weighted by molar-refractivity contribution is 9.10. The molecular formula is C17H18BrCl2N. The van der Waals surface area contributed by atoms with Crippen LogP contribution in [0.5, 0.6) is 0 Å². The summed E-state index contributed by atoms with van der Waals surface area (Å²) in [6.45, 7) is 5.01. The van der Waals surface area contributed by atoms with E-state index in [1.54, 1.807) is 0 Å². The second-order valence-electron chi connectivity index (χ2n) is 5.08. The van der Waals surface area contributed by atoms with Crippen molar-refractivity contribution in [3.63, 3.8) is 0 Å². The SMILES string of the molecule is CCNC(Cc1ccc(C)cc1Cl)c1cc(Br)ccc1Cl. The summed E-state index contributed by atoms with van der Waals surface area (Å²) in [5.41, 5.74) is 3.39. The van der Waals surface area contributed by atoms with Gasteiger partial charge in [-0.15, -0.1) is 0 Å². The zero-order chi connectivity index (χ0) is 15.4. The Morgan fingerprint density at radius 3 is 2.52 bits per heavy atom. The molecule has 1 N–H and O–H groups in total. The van der Waals surface area contributed by atoms with Gasteiger partial charge in [-0.05, 0) is 60.8 Å². The van der Waals surface area contributed by atoms with Crippen LogP contribution in [0.4, 0.5) is 0 Å². The van der Waals surface area contributed by atoms with Crippen LogP contribution in [0, 0.1) is 6.92 Å². The predicted molar refractivity (Wildman–Crippen MR) is 95.5 cm³/mol. The van der Waals surface area contributed by atoms with Gasteiger partial charge in [0.25, 0.3) is 0 Å². The lowest BCUT2D eigenvalue weighted by molar-refractivity contribution is 0.550. The molecular weight excluding hydrogens is 369 g/mol. The molecule has 0 amide bonds. The van der Waals surface area contributed by atoms with Crippen LogP contribution in [0.1, 0.15) is 29.7 Å². The number of rotatable bonds is 5. The van der Waals surface area contributed by atoms with Crippen molar-refractivity contribution in [1.82, 2.24) is 5.32 Å². The van der Waals surface area contributed by atoms with Gasteiger partial charge >= 0.3 is 0 Å². The average Bonchev–Trinajstić information content (AvgIpc) is 2.44. The summed E-state index contributed by atoms with van der Waals surface area (Å²) in [6, 6.07) is 12.3. The van der Waals surface area contributed by atoms with E-state index in [2.05, 4.69) is 46.4 Å². The van der Waals surface area contributed by atoms with Gasteiger partial charge in [0.05, 0.1) is 0 Å². The van der Waals surface area contributed by atoms with Gasteiger partial charge < -0.3 is 5.32 Å². The van der Waals surface area contributed by atoms with Gasteiger partial charge in [-0.3, -0.25) is 0 Å². The van der Waals surface area contributed by atoms with Crippen molar-refractivity contribution >= 4 is 39.1 Å². The summed E-state index contributed by atoms with van der Waals surface area (Å²) in [5, 5.41) is 5.07. The molecule has 0 aliphatic carbocycles. The quantitative estimate of drug-likeness (QED) is 0.668. The van der Waals surface area contributed by atoms with E-state index in [1.165, 1.54) is 5.56 Å². The molecule has 0 bridgehead atoms. The lowest BCUT2D eigenvalue weighted by Crippen LogP contribution is -2.23. The Balaban J connectivity index is 2.32. The van der Waals surface area contributed by atoms with E-state index in [9.17, 15) is 0 Å². The fourth-order valence-corrected chi connectivity index (χ4v) is 3.30. The van der Waals surface area contributed by atoms with Crippen molar-refractivity contribution in [3.05, 3.63) is 67.6 Å². The topological polar surface area (TPSA) is 12.0 Å². The van der Waals surface area contributed by atoms with Gasteiger partial charge in [0.1, 0.15) is 0 Å². The Morgan fingerprint density at radius 1 is 1.10 bits per heavy atom. The first-order chi connectivity index (χ1) is 10.0. The van der Waals surface area contributed by atoms with Crippen LogP contribution in [0.15, 0.2) is 40.9 Å². The molecule has 0 radical (unpaired) electrons. The zero-order valence-electron chi connectivity index (χ0n) is 12.1. The predicted octanol–water partition coefficient (Wildman–Crippen LogP) is 5.96. The highest BCUT2D eigenvalue weighted by Gasteiger charge is 2.16. The molecule has 2 aromatic rings. The molecule has 2 rings (SSSR count). The molecule has 4 heteroatoms. The monoisotopic (exact) mass is 385 g/mol.